The van der Waals surface area contributed by atoms with Crippen LogP contribution < -0.4 is 5.73 Å². The van der Waals surface area contributed by atoms with Crippen molar-refractivity contribution in [3.05, 3.63) is 23.8 Å². The molecule has 0 fully saturated rings. The van der Waals surface area contributed by atoms with Crippen molar-refractivity contribution in [1.29, 1.82) is 0 Å². The average Bonchev–Trinajstić information content (AvgIpc) is 3.11. The molecule has 0 radical (unpaired) electrons. The maximum atomic E-state index is 12.9. The number of thiocarbonyl (C=S) groups is 1. The monoisotopic (exact) mass is 432 g/mol. The fraction of sp³-hybridized carbons (Fsp3) is 0.333. The van der Waals surface area contributed by atoms with E-state index in [1.54, 1.807) is 0 Å². The molecule has 8 nitrogen and oxygen atoms in total. The Labute approximate surface area is 163 Å². The molecule has 0 saturated carbocycles. The van der Waals surface area contributed by atoms with Crippen molar-refractivity contribution in [1.82, 2.24) is 24.1 Å². The number of aryl methyl sites for hydroxylation is 1. The summed E-state index contributed by atoms with van der Waals surface area (Å²) in [6.45, 7) is 1.46. The van der Waals surface area contributed by atoms with Crippen molar-refractivity contribution in [3.8, 4) is 11.5 Å². The number of alkyl halides is 3. The third-order valence-electron chi connectivity index (χ3n) is 4.21. The molecule has 150 valence electrons. The Morgan fingerprint density at radius 2 is 1.89 bits per heavy atom. The smallest absolute Gasteiger partial charge is 0.387 e. The van der Waals surface area contributed by atoms with Crippen LogP contribution in [-0.4, -0.2) is 43.2 Å². The molecule has 0 spiro atoms. The highest BCUT2D eigenvalue weighted by Gasteiger charge is 2.34. The van der Waals surface area contributed by atoms with Crippen molar-refractivity contribution in [2.45, 2.75) is 18.1 Å². The van der Waals surface area contributed by atoms with Gasteiger partial charge in [0.1, 0.15) is 16.4 Å². The summed E-state index contributed by atoms with van der Waals surface area (Å²) < 4.78 is 66.7. The maximum Gasteiger partial charge on any atom is 0.433 e. The number of hydrogen-bond donors (Lipinski definition) is 1. The van der Waals surface area contributed by atoms with E-state index in [0.29, 0.717) is 0 Å². The lowest BCUT2D eigenvalue weighted by atomic mass is 10.3. The molecular weight excluding hydrogens is 417 g/mol. The molecule has 3 rings (SSSR count). The summed E-state index contributed by atoms with van der Waals surface area (Å²) >= 11 is 4.92. The van der Waals surface area contributed by atoms with Gasteiger partial charge in [0.25, 0.3) is 0 Å². The number of rotatable bonds is 4. The van der Waals surface area contributed by atoms with E-state index in [9.17, 15) is 21.6 Å². The van der Waals surface area contributed by atoms with Gasteiger partial charge in [-0.3, -0.25) is 0 Å². The maximum absolute atomic E-state index is 12.9. The van der Waals surface area contributed by atoms with Gasteiger partial charge in [0.15, 0.2) is 26.5 Å². The molecule has 0 atom stereocenters. The van der Waals surface area contributed by atoms with Crippen LogP contribution in [-0.2, 0) is 30.1 Å². The van der Waals surface area contributed by atoms with Gasteiger partial charge >= 0.3 is 6.18 Å². The standard InChI is InChI=1S/C15H15F3N6O2S2/c1-4-28(25,26)14-10(22-13(11(19)27)24(14)3)12-21-7-5-9(15(16,17)18)20-6-8(7)23(12)2/h5-6H,4H2,1-3H3,(H2,19,27). The predicted octanol–water partition coefficient (Wildman–Crippen LogP) is 1.82. The number of aromatic nitrogens is 5. The van der Waals surface area contributed by atoms with Gasteiger partial charge in [0, 0.05) is 14.1 Å². The van der Waals surface area contributed by atoms with Gasteiger partial charge in [0.05, 0.1) is 23.0 Å². The molecule has 2 N–H and O–H groups in total. The molecule has 0 aliphatic rings. The van der Waals surface area contributed by atoms with Crippen molar-refractivity contribution >= 4 is 38.1 Å². The first kappa shape index (κ1) is 20.2. The second kappa shape index (κ2) is 6.51. The Bertz CT molecular complexity index is 1210. The Kier molecular flexibility index (Phi) is 4.70. The Morgan fingerprint density at radius 3 is 2.43 bits per heavy atom. The summed E-state index contributed by atoms with van der Waals surface area (Å²) in [7, 11) is -0.801. The zero-order valence-corrected chi connectivity index (χ0v) is 16.6. The fourth-order valence-corrected chi connectivity index (χ4v) is 4.19. The number of pyridine rings is 1. The van der Waals surface area contributed by atoms with Crippen LogP contribution in [0, 0.1) is 0 Å². The lowest BCUT2D eigenvalue weighted by Gasteiger charge is -2.07. The first-order chi connectivity index (χ1) is 12.9. The number of sulfone groups is 1. The van der Waals surface area contributed by atoms with Gasteiger partial charge in [0.2, 0.25) is 0 Å². The van der Waals surface area contributed by atoms with Gasteiger partial charge in [-0.15, -0.1) is 0 Å². The molecule has 3 heterocycles. The summed E-state index contributed by atoms with van der Waals surface area (Å²) in [4.78, 5) is 11.7. The number of fused-ring (bicyclic) bond motifs is 1. The molecule has 3 aromatic heterocycles. The van der Waals surface area contributed by atoms with Crippen LogP contribution in [0.5, 0.6) is 0 Å². The highest BCUT2D eigenvalue weighted by atomic mass is 32.2. The van der Waals surface area contributed by atoms with Gasteiger partial charge in [-0.2, -0.15) is 13.2 Å². The summed E-state index contributed by atoms with van der Waals surface area (Å²) in [6, 6.07) is 0.796. The largest absolute Gasteiger partial charge is 0.433 e. The van der Waals surface area contributed by atoms with Gasteiger partial charge < -0.3 is 14.9 Å². The quantitative estimate of drug-likeness (QED) is 0.627. The average molecular weight is 432 g/mol. The molecule has 0 amide bonds. The summed E-state index contributed by atoms with van der Waals surface area (Å²) in [5.74, 6) is -0.112. The number of nitrogens with zero attached hydrogens (tertiary/aromatic N) is 5. The van der Waals surface area contributed by atoms with Crippen molar-refractivity contribution in [2.24, 2.45) is 19.8 Å². The van der Waals surface area contributed by atoms with Crippen LogP contribution in [0.15, 0.2) is 17.3 Å². The molecule has 0 aliphatic heterocycles. The fourth-order valence-electron chi connectivity index (χ4n) is 2.80. The predicted molar refractivity (Wildman–Crippen MR) is 99.3 cm³/mol. The van der Waals surface area contributed by atoms with E-state index in [2.05, 4.69) is 15.0 Å². The minimum absolute atomic E-state index is 0.00204. The SMILES string of the molecule is CCS(=O)(=O)c1c(-c2nc3cc(C(F)(F)F)ncc3n2C)nc(C(N)=S)n1C. The van der Waals surface area contributed by atoms with Crippen LogP contribution >= 0.6 is 12.2 Å². The van der Waals surface area contributed by atoms with E-state index in [1.165, 1.54) is 30.2 Å². The molecule has 3 aromatic rings. The van der Waals surface area contributed by atoms with E-state index < -0.39 is 21.7 Å². The Morgan fingerprint density at radius 1 is 1.25 bits per heavy atom. The highest BCUT2D eigenvalue weighted by molar-refractivity contribution is 7.91. The number of imidazole rings is 2. The third kappa shape index (κ3) is 3.13. The topological polar surface area (TPSA) is 109 Å². The first-order valence-electron chi connectivity index (χ1n) is 7.87. The second-order valence-corrected chi connectivity index (χ2v) is 8.60. The third-order valence-corrected chi connectivity index (χ3v) is 6.21. The zero-order valence-electron chi connectivity index (χ0n) is 14.9. The highest BCUT2D eigenvalue weighted by Crippen LogP contribution is 2.33. The Balaban J connectivity index is 2.35. The van der Waals surface area contributed by atoms with Gasteiger partial charge in [-0.05, 0) is 6.07 Å². The number of halogens is 3. The second-order valence-electron chi connectivity index (χ2n) is 5.97. The summed E-state index contributed by atoms with van der Waals surface area (Å²) in [6.07, 6.45) is -3.60. The van der Waals surface area contributed by atoms with E-state index in [-0.39, 0.29) is 44.1 Å². The van der Waals surface area contributed by atoms with Crippen LogP contribution in [0.4, 0.5) is 13.2 Å². The van der Waals surface area contributed by atoms with Crippen LogP contribution in [0.1, 0.15) is 18.4 Å². The molecule has 0 aromatic carbocycles. The molecule has 0 saturated heterocycles. The van der Waals surface area contributed by atoms with E-state index in [1.807, 2.05) is 0 Å². The Hall–Kier alpha value is -2.54. The molecular formula is C15H15F3N6O2S2. The van der Waals surface area contributed by atoms with Crippen LogP contribution in [0.3, 0.4) is 0 Å². The lowest BCUT2D eigenvalue weighted by molar-refractivity contribution is -0.141. The minimum atomic E-state index is -4.63. The number of nitrogens with two attached hydrogens (primary N) is 1. The minimum Gasteiger partial charge on any atom is -0.387 e. The molecule has 0 aliphatic carbocycles. The molecule has 13 heteroatoms. The van der Waals surface area contributed by atoms with Crippen LogP contribution in [0.25, 0.3) is 22.6 Å². The molecule has 28 heavy (non-hydrogen) atoms. The van der Waals surface area contributed by atoms with E-state index in [4.69, 9.17) is 18.0 Å². The van der Waals surface area contributed by atoms with E-state index in [0.717, 1.165) is 12.3 Å². The van der Waals surface area contributed by atoms with Gasteiger partial charge in [-0.1, -0.05) is 19.1 Å². The van der Waals surface area contributed by atoms with E-state index >= 15 is 0 Å². The van der Waals surface area contributed by atoms with Crippen molar-refractivity contribution < 1.29 is 21.6 Å². The normalized spacial score (nSPS) is 12.6. The van der Waals surface area contributed by atoms with Crippen molar-refractivity contribution in [3.63, 3.8) is 0 Å². The van der Waals surface area contributed by atoms with Crippen LogP contribution in [0.2, 0.25) is 0 Å². The lowest BCUT2D eigenvalue weighted by Crippen LogP contribution is -2.18. The summed E-state index contributed by atoms with van der Waals surface area (Å²) in [5.41, 5.74) is 4.77. The molecule has 0 bridgehead atoms. The van der Waals surface area contributed by atoms with Crippen molar-refractivity contribution in [2.75, 3.05) is 5.75 Å². The zero-order chi connectivity index (χ0) is 21.0. The number of hydrogen-bond acceptors (Lipinski definition) is 6. The summed E-state index contributed by atoms with van der Waals surface area (Å²) in [5, 5.41) is -0.166. The molecule has 0 unspecified atom stereocenters. The first-order valence-corrected chi connectivity index (χ1v) is 9.93. The van der Waals surface area contributed by atoms with Gasteiger partial charge in [-0.25, -0.2) is 23.4 Å².